The third kappa shape index (κ3) is 5.02. The molecule has 0 aromatic heterocycles. The number of halogens is 1. The average Bonchev–Trinajstić information content (AvgIpc) is 3.22. The lowest BCUT2D eigenvalue weighted by molar-refractivity contribution is -0.122. The van der Waals surface area contributed by atoms with Crippen LogP contribution in [0.15, 0.2) is 88.8 Å². The summed E-state index contributed by atoms with van der Waals surface area (Å²) in [5, 5.41) is 3.48. The molecule has 0 aliphatic carbocycles. The van der Waals surface area contributed by atoms with Gasteiger partial charge in [0, 0.05) is 24.3 Å². The van der Waals surface area contributed by atoms with Crippen LogP contribution in [-0.4, -0.2) is 33.8 Å². The first-order valence-electron chi connectivity index (χ1n) is 11.4. The number of carbonyl (C=O) groups is 2. The molecule has 1 N–H and O–H groups in total. The summed E-state index contributed by atoms with van der Waals surface area (Å²) >= 11 is 1.35. The van der Waals surface area contributed by atoms with E-state index in [1.165, 1.54) is 17.8 Å². The summed E-state index contributed by atoms with van der Waals surface area (Å²) in [6.45, 7) is 0.433. The van der Waals surface area contributed by atoms with E-state index in [1.807, 2.05) is 54.6 Å². The first-order valence-corrected chi connectivity index (χ1v) is 12.4. The van der Waals surface area contributed by atoms with Gasteiger partial charge < -0.3 is 5.32 Å². The van der Waals surface area contributed by atoms with Crippen molar-refractivity contribution in [3.05, 3.63) is 101 Å². The van der Waals surface area contributed by atoms with Gasteiger partial charge in [0.25, 0.3) is 5.91 Å². The van der Waals surface area contributed by atoms with Gasteiger partial charge in [-0.2, -0.15) is 4.99 Å². The number of benzene rings is 3. The predicted molar refractivity (Wildman–Crippen MR) is 136 cm³/mol. The number of amidine groups is 2. The molecule has 35 heavy (non-hydrogen) atoms. The summed E-state index contributed by atoms with van der Waals surface area (Å²) < 4.78 is 14.2. The Morgan fingerprint density at radius 3 is 2.54 bits per heavy atom. The largest absolute Gasteiger partial charge is 0.352 e. The van der Waals surface area contributed by atoms with Crippen LogP contribution in [0.25, 0.3) is 0 Å². The molecule has 0 radical (unpaired) electrons. The lowest BCUT2D eigenvalue weighted by Gasteiger charge is -2.31. The van der Waals surface area contributed by atoms with E-state index < -0.39 is 6.04 Å². The number of nitrogens with one attached hydrogen (secondary N) is 1. The third-order valence-electron chi connectivity index (χ3n) is 5.90. The van der Waals surface area contributed by atoms with E-state index in [4.69, 9.17) is 4.99 Å². The van der Waals surface area contributed by atoms with E-state index in [2.05, 4.69) is 10.3 Å². The smallest absolute Gasteiger partial charge is 0.270 e. The topological polar surface area (TPSA) is 74.1 Å². The minimum Gasteiger partial charge on any atom is -0.352 e. The minimum absolute atomic E-state index is 0.134. The second-order valence-electron chi connectivity index (χ2n) is 8.25. The van der Waals surface area contributed by atoms with E-state index in [0.29, 0.717) is 41.0 Å². The summed E-state index contributed by atoms with van der Waals surface area (Å²) in [6.07, 6.45) is 0.476. The Morgan fingerprint density at radius 1 is 0.971 bits per heavy atom. The molecule has 2 amide bonds. The fourth-order valence-corrected chi connectivity index (χ4v) is 5.12. The number of para-hydroxylation sites is 1. The van der Waals surface area contributed by atoms with E-state index in [-0.39, 0.29) is 24.1 Å². The van der Waals surface area contributed by atoms with Crippen molar-refractivity contribution in [2.45, 2.75) is 31.2 Å². The van der Waals surface area contributed by atoms with Crippen LogP contribution in [0.4, 0.5) is 10.1 Å². The van der Waals surface area contributed by atoms with Crippen molar-refractivity contribution in [2.75, 3.05) is 0 Å². The number of rotatable bonds is 7. The van der Waals surface area contributed by atoms with Crippen LogP contribution < -0.4 is 5.32 Å². The second-order valence-corrected chi connectivity index (χ2v) is 9.19. The fraction of sp³-hybridized carbons (Fsp3) is 0.185. The third-order valence-corrected chi connectivity index (χ3v) is 6.90. The second kappa shape index (κ2) is 10.2. The molecule has 3 aromatic rings. The van der Waals surface area contributed by atoms with Gasteiger partial charge in [0.1, 0.15) is 17.7 Å². The van der Waals surface area contributed by atoms with Gasteiger partial charge in [-0.25, -0.2) is 9.38 Å². The van der Waals surface area contributed by atoms with Gasteiger partial charge in [-0.3, -0.25) is 14.5 Å². The molecule has 0 saturated carbocycles. The zero-order valence-electron chi connectivity index (χ0n) is 18.9. The summed E-state index contributed by atoms with van der Waals surface area (Å²) in [7, 11) is 0. The van der Waals surface area contributed by atoms with Crippen molar-refractivity contribution < 1.29 is 14.0 Å². The van der Waals surface area contributed by atoms with Crippen LogP contribution in [0.1, 0.15) is 29.5 Å². The lowest BCUT2D eigenvalue weighted by atomic mass is 10.1. The highest BCUT2D eigenvalue weighted by atomic mass is 32.2. The molecule has 5 rings (SSSR count). The van der Waals surface area contributed by atoms with E-state index >= 15 is 0 Å². The van der Waals surface area contributed by atoms with E-state index in [1.54, 1.807) is 23.1 Å². The molecule has 176 valence electrons. The van der Waals surface area contributed by atoms with Gasteiger partial charge in [-0.15, -0.1) is 0 Å². The Balaban J connectivity index is 1.32. The number of nitrogens with zero attached hydrogens (tertiary/aromatic N) is 3. The van der Waals surface area contributed by atoms with Crippen molar-refractivity contribution in [2.24, 2.45) is 9.98 Å². The van der Waals surface area contributed by atoms with E-state index in [0.717, 1.165) is 11.1 Å². The molecular formula is C27H23FN4O2S. The first-order chi connectivity index (χ1) is 17.1. The molecule has 0 fully saturated rings. The van der Waals surface area contributed by atoms with Crippen molar-refractivity contribution in [1.82, 2.24) is 10.2 Å². The molecule has 2 aliphatic heterocycles. The summed E-state index contributed by atoms with van der Waals surface area (Å²) in [5.74, 6) is 0.175. The van der Waals surface area contributed by atoms with Crippen LogP contribution in [0.2, 0.25) is 0 Å². The van der Waals surface area contributed by atoms with Crippen LogP contribution in [-0.2, 0) is 21.9 Å². The Bertz CT molecular complexity index is 1330. The molecule has 2 heterocycles. The summed E-state index contributed by atoms with van der Waals surface area (Å²) in [6, 6.07) is 23.1. The quantitative estimate of drug-likeness (QED) is 0.520. The predicted octanol–water partition coefficient (Wildman–Crippen LogP) is 4.81. The number of carbonyl (C=O) groups excluding carboxylic acids is 2. The van der Waals surface area contributed by atoms with Gasteiger partial charge in [0.2, 0.25) is 5.91 Å². The van der Waals surface area contributed by atoms with Crippen molar-refractivity contribution in [1.29, 1.82) is 0 Å². The van der Waals surface area contributed by atoms with Gasteiger partial charge in [-0.1, -0.05) is 72.4 Å². The molecule has 8 heteroatoms. The molecule has 0 spiro atoms. The van der Waals surface area contributed by atoms with Gasteiger partial charge in [0.05, 0.1) is 5.69 Å². The maximum absolute atomic E-state index is 14.2. The molecule has 1 unspecified atom stereocenters. The van der Waals surface area contributed by atoms with Crippen molar-refractivity contribution in [3.63, 3.8) is 0 Å². The standard InChI is InChI=1S/C27H23FN4O2S/c28-21-12-6-4-10-19(21)17-35-27-30-22-13-7-5-11-20(22)25-31-26(34)23(32(25)27)14-15-24(33)29-16-18-8-2-1-3-9-18/h1-13,23H,14-17H2,(H,29,33). The van der Waals surface area contributed by atoms with Gasteiger partial charge in [-0.05, 0) is 35.7 Å². The maximum Gasteiger partial charge on any atom is 0.270 e. The molecule has 0 bridgehead atoms. The zero-order valence-corrected chi connectivity index (χ0v) is 19.7. The lowest BCUT2D eigenvalue weighted by Crippen LogP contribution is -2.44. The number of hydrogen-bond donors (Lipinski definition) is 1. The molecule has 1 atom stereocenters. The highest BCUT2D eigenvalue weighted by molar-refractivity contribution is 8.13. The Morgan fingerprint density at radius 2 is 1.71 bits per heavy atom. The maximum atomic E-state index is 14.2. The molecular weight excluding hydrogens is 463 g/mol. The molecule has 0 saturated heterocycles. The van der Waals surface area contributed by atoms with Gasteiger partial charge in [0.15, 0.2) is 5.17 Å². The first kappa shape index (κ1) is 23.0. The minimum atomic E-state index is -0.632. The van der Waals surface area contributed by atoms with Crippen LogP contribution in [0.5, 0.6) is 0 Å². The Kier molecular flexibility index (Phi) is 6.72. The van der Waals surface area contributed by atoms with Gasteiger partial charge >= 0.3 is 0 Å². The molecule has 2 aliphatic rings. The molecule has 6 nitrogen and oxygen atoms in total. The number of thioether (sulfide) groups is 1. The number of aliphatic imine (C=N–C) groups is 2. The van der Waals surface area contributed by atoms with Crippen LogP contribution in [0, 0.1) is 5.82 Å². The highest BCUT2D eigenvalue weighted by Crippen LogP contribution is 2.36. The molecule has 3 aromatic carbocycles. The van der Waals surface area contributed by atoms with Crippen LogP contribution in [0.3, 0.4) is 0 Å². The summed E-state index contributed by atoms with van der Waals surface area (Å²) in [4.78, 5) is 36.4. The van der Waals surface area contributed by atoms with Crippen molar-refractivity contribution >= 4 is 40.3 Å². The monoisotopic (exact) mass is 486 g/mol. The highest BCUT2D eigenvalue weighted by Gasteiger charge is 2.41. The SMILES string of the molecule is O=C(CCC1C(=O)N=C2c3ccccc3N=C(SCc3ccccc3F)N21)NCc1ccccc1. The Hall–Kier alpha value is -3.78. The fourth-order valence-electron chi connectivity index (χ4n) is 4.09. The van der Waals surface area contributed by atoms with Crippen molar-refractivity contribution in [3.8, 4) is 0 Å². The zero-order chi connectivity index (χ0) is 24.2. The number of fused-ring (bicyclic) bond motifs is 3. The number of amides is 2. The van der Waals surface area contributed by atoms with Crippen LogP contribution >= 0.6 is 11.8 Å². The summed E-state index contributed by atoms with van der Waals surface area (Å²) in [5.41, 5.74) is 3.05. The van der Waals surface area contributed by atoms with E-state index in [9.17, 15) is 14.0 Å². The Labute approximate surface area is 207 Å². The average molecular weight is 487 g/mol. The number of hydrogen-bond acceptors (Lipinski definition) is 5. The normalized spacial score (nSPS) is 16.3.